The van der Waals surface area contributed by atoms with Gasteiger partial charge in [-0.15, -0.1) is 11.6 Å². The third-order valence-electron chi connectivity index (χ3n) is 3.76. The van der Waals surface area contributed by atoms with Crippen LogP contribution in [0.1, 0.15) is 54.9 Å². The molecule has 1 aromatic heterocycles. The minimum Gasteiger partial charge on any atom is -0.376 e. The van der Waals surface area contributed by atoms with Gasteiger partial charge in [-0.3, -0.25) is 4.68 Å². The highest BCUT2D eigenvalue weighted by molar-refractivity contribution is 6.20. The Morgan fingerprint density at radius 1 is 1.44 bits per heavy atom. The first kappa shape index (κ1) is 13.9. The summed E-state index contributed by atoms with van der Waals surface area (Å²) in [5.41, 5.74) is 3.46. The van der Waals surface area contributed by atoms with E-state index in [2.05, 4.69) is 23.6 Å². The zero-order chi connectivity index (χ0) is 13.1. The second-order valence-corrected chi connectivity index (χ2v) is 5.66. The maximum Gasteiger partial charge on any atom is 0.0771 e. The Balaban J connectivity index is 2.13. The first-order valence-corrected chi connectivity index (χ1v) is 7.36. The predicted octanol–water partition coefficient (Wildman–Crippen LogP) is 3.76. The quantitative estimate of drug-likeness (QED) is 0.779. The number of hydrogen-bond donors (Lipinski definition) is 0. The molecule has 0 radical (unpaired) electrons. The number of hydrogen-bond acceptors (Lipinski definition) is 2. The van der Waals surface area contributed by atoms with Gasteiger partial charge in [-0.2, -0.15) is 5.10 Å². The summed E-state index contributed by atoms with van der Waals surface area (Å²) in [6, 6.07) is 0. The average Bonchev–Trinajstić information content (AvgIpc) is 2.65. The van der Waals surface area contributed by atoms with E-state index in [1.54, 1.807) is 0 Å². The van der Waals surface area contributed by atoms with Gasteiger partial charge in [-0.25, -0.2) is 0 Å². The van der Waals surface area contributed by atoms with Gasteiger partial charge in [0.05, 0.1) is 23.7 Å². The van der Waals surface area contributed by atoms with Crippen LogP contribution in [0.15, 0.2) is 0 Å². The molecule has 18 heavy (non-hydrogen) atoms. The SMILES string of the molecule is CCC(Cl)c1c(C)nn(CC2CCCCO2)c1C. The highest BCUT2D eigenvalue weighted by Gasteiger charge is 2.21. The fraction of sp³-hybridized carbons (Fsp3) is 0.786. The van der Waals surface area contributed by atoms with Gasteiger partial charge >= 0.3 is 0 Å². The molecule has 0 amide bonds. The summed E-state index contributed by atoms with van der Waals surface area (Å²) in [6.45, 7) is 8.02. The molecule has 2 atom stereocenters. The van der Waals surface area contributed by atoms with Gasteiger partial charge in [0.1, 0.15) is 0 Å². The normalized spacial score (nSPS) is 22.1. The van der Waals surface area contributed by atoms with Crippen molar-refractivity contribution in [3.63, 3.8) is 0 Å². The Labute approximate surface area is 114 Å². The standard InChI is InChI=1S/C14H23ClN2O/c1-4-13(15)14-10(2)16-17(11(14)3)9-12-7-5-6-8-18-12/h12-13H,4-9H2,1-3H3. The average molecular weight is 271 g/mol. The summed E-state index contributed by atoms with van der Waals surface area (Å²) >= 11 is 6.37. The molecule has 2 heterocycles. The van der Waals surface area contributed by atoms with Crippen LogP contribution in [0.4, 0.5) is 0 Å². The maximum atomic E-state index is 6.37. The van der Waals surface area contributed by atoms with Gasteiger partial charge in [0.15, 0.2) is 0 Å². The molecule has 1 fully saturated rings. The number of aromatic nitrogens is 2. The molecule has 0 aliphatic carbocycles. The third-order valence-corrected chi connectivity index (χ3v) is 4.29. The van der Waals surface area contributed by atoms with Gasteiger partial charge in [0.25, 0.3) is 0 Å². The molecule has 3 nitrogen and oxygen atoms in total. The summed E-state index contributed by atoms with van der Waals surface area (Å²) in [7, 11) is 0. The van der Waals surface area contributed by atoms with Crippen molar-refractivity contribution < 1.29 is 4.74 Å². The molecule has 1 aromatic rings. The fourth-order valence-corrected chi connectivity index (χ4v) is 3.01. The van der Waals surface area contributed by atoms with E-state index in [1.165, 1.54) is 24.1 Å². The summed E-state index contributed by atoms with van der Waals surface area (Å²) in [5, 5.41) is 4.70. The van der Waals surface area contributed by atoms with Crippen LogP contribution in [0, 0.1) is 13.8 Å². The lowest BCUT2D eigenvalue weighted by molar-refractivity contribution is 0.00360. The number of rotatable bonds is 4. The Morgan fingerprint density at radius 3 is 2.83 bits per heavy atom. The van der Waals surface area contributed by atoms with Crippen molar-refractivity contribution >= 4 is 11.6 Å². The lowest BCUT2D eigenvalue weighted by Gasteiger charge is -2.23. The van der Waals surface area contributed by atoms with Gasteiger partial charge < -0.3 is 4.74 Å². The largest absolute Gasteiger partial charge is 0.376 e. The van der Waals surface area contributed by atoms with Crippen molar-refractivity contribution in [1.82, 2.24) is 9.78 Å². The molecule has 0 aromatic carbocycles. The van der Waals surface area contributed by atoms with Crippen LogP contribution in [0.5, 0.6) is 0 Å². The first-order valence-electron chi connectivity index (χ1n) is 6.93. The Hall–Kier alpha value is -0.540. The first-order chi connectivity index (χ1) is 8.63. The highest BCUT2D eigenvalue weighted by Crippen LogP contribution is 2.30. The summed E-state index contributed by atoms with van der Waals surface area (Å²) in [6.07, 6.45) is 4.86. The van der Waals surface area contributed by atoms with Crippen LogP contribution in [-0.2, 0) is 11.3 Å². The molecule has 2 unspecified atom stereocenters. The molecule has 0 spiro atoms. The van der Waals surface area contributed by atoms with Crippen molar-refractivity contribution in [3.05, 3.63) is 17.0 Å². The molecule has 1 saturated heterocycles. The van der Waals surface area contributed by atoms with E-state index in [-0.39, 0.29) is 5.38 Å². The minimum absolute atomic E-state index is 0.0750. The zero-order valence-corrected chi connectivity index (χ0v) is 12.3. The van der Waals surface area contributed by atoms with Crippen LogP contribution < -0.4 is 0 Å². The van der Waals surface area contributed by atoms with Crippen LogP contribution in [0.2, 0.25) is 0 Å². The molecule has 0 saturated carbocycles. The lowest BCUT2D eigenvalue weighted by atomic mass is 10.1. The van der Waals surface area contributed by atoms with Gasteiger partial charge in [-0.05, 0) is 39.5 Å². The molecule has 4 heteroatoms. The van der Waals surface area contributed by atoms with E-state index >= 15 is 0 Å². The lowest BCUT2D eigenvalue weighted by Crippen LogP contribution is -2.25. The Morgan fingerprint density at radius 2 is 2.22 bits per heavy atom. The molecule has 2 rings (SSSR count). The second-order valence-electron chi connectivity index (χ2n) is 5.13. The molecule has 0 bridgehead atoms. The molecule has 1 aliphatic heterocycles. The molecular weight excluding hydrogens is 248 g/mol. The molecule has 102 valence electrons. The Bertz CT molecular complexity index is 397. The fourth-order valence-electron chi connectivity index (χ4n) is 2.69. The van der Waals surface area contributed by atoms with Gasteiger partial charge in [0, 0.05) is 17.9 Å². The third kappa shape index (κ3) is 2.89. The number of alkyl halides is 1. The zero-order valence-electron chi connectivity index (χ0n) is 11.6. The number of halogens is 1. The van der Waals surface area contributed by atoms with Gasteiger partial charge in [0.2, 0.25) is 0 Å². The highest BCUT2D eigenvalue weighted by atomic mass is 35.5. The van der Waals surface area contributed by atoms with Crippen LogP contribution in [0.25, 0.3) is 0 Å². The number of aryl methyl sites for hydroxylation is 1. The van der Waals surface area contributed by atoms with Crippen molar-refractivity contribution in [2.24, 2.45) is 0 Å². The number of nitrogens with zero attached hydrogens (tertiary/aromatic N) is 2. The van der Waals surface area contributed by atoms with E-state index in [0.29, 0.717) is 6.10 Å². The summed E-state index contributed by atoms with van der Waals surface area (Å²) in [5.74, 6) is 0. The number of ether oxygens (including phenoxy) is 1. The monoisotopic (exact) mass is 270 g/mol. The van der Waals surface area contributed by atoms with Crippen LogP contribution >= 0.6 is 11.6 Å². The summed E-state index contributed by atoms with van der Waals surface area (Å²) in [4.78, 5) is 0. The van der Waals surface area contributed by atoms with Crippen molar-refractivity contribution in [2.75, 3.05) is 6.61 Å². The second kappa shape index (κ2) is 6.07. The maximum absolute atomic E-state index is 6.37. The van der Waals surface area contributed by atoms with Crippen LogP contribution in [0.3, 0.4) is 0 Å². The van der Waals surface area contributed by atoms with E-state index < -0.39 is 0 Å². The smallest absolute Gasteiger partial charge is 0.0771 e. The molecule has 1 aliphatic rings. The summed E-state index contributed by atoms with van der Waals surface area (Å²) < 4.78 is 7.85. The van der Waals surface area contributed by atoms with E-state index in [0.717, 1.165) is 31.7 Å². The Kier molecular flexibility index (Phi) is 4.68. The predicted molar refractivity (Wildman–Crippen MR) is 74.2 cm³/mol. The van der Waals surface area contributed by atoms with Crippen LogP contribution in [-0.4, -0.2) is 22.5 Å². The van der Waals surface area contributed by atoms with Crippen molar-refractivity contribution in [2.45, 2.75) is 64.5 Å². The van der Waals surface area contributed by atoms with E-state index in [4.69, 9.17) is 16.3 Å². The van der Waals surface area contributed by atoms with Crippen molar-refractivity contribution in [1.29, 1.82) is 0 Å². The molecular formula is C14H23ClN2O. The topological polar surface area (TPSA) is 27.1 Å². The minimum atomic E-state index is 0.0750. The van der Waals surface area contributed by atoms with Crippen molar-refractivity contribution in [3.8, 4) is 0 Å². The molecule has 0 N–H and O–H groups in total. The van der Waals surface area contributed by atoms with E-state index in [1.807, 2.05) is 6.92 Å². The van der Waals surface area contributed by atoms with Gasteiger partial charge in [-0.1, -0.05) is 6.92 Å². The van der Waals surface area contributed by atoms with E-state index in [9.17, 15) is 0 Å².